The Kier molecular flexibility index (Phi) is 5.95. The minimum Gasteiger partial charge on any atom is -0.387 e. The Morgan fingerprint density at radius 1 is 1.18 bits per heavy atom. The summed E-state index contributed by atoms with van der Waals surface area (Å²) in [5.74, 6) is 3.78. The zero-order valence-electron chi connectivity index (χ0n) is 19.8. The molecule has 0 aromatic carbocycles. The van der Waals surface area contributed by atoms with Crippen molar-refractivity contribution in [1.29, 1.82) is 5.26 Å². The predicted molar refractivity (Wildman–Crippen MR) is 123 cm³/mol. The fourth-order valence-electron chi connectivity index (χ4n) is 8.49. The molecule has 0 radical (unpaired) electrons. The van der Waals surface area contributed by atoms with Crippen molar-refractivity contribution >= 4 is 11.7 Å². The number of nitriles is 1. The van der Waals surface area contributed by atoms with Gasteiger partial charge in [-0.1, -0.05) is 6.92 Å². The van der Waals surface area contributed by atoms with Crippen molar-refractivity contribution in [3.05, 3.63) is 18.1 Å². The van der Waals surface area contributed by atoms with Crippen molar-refractivity contribution in [3.8, 4) is 6.07 Å². The highest BCUT2D eigenvalue weighted by Crippen LogP contribution is 2.64. The summed E-state index contributed by atoms with van der Waals surface area (Å²) in [6.45, 7) is 2.79. The van der Waals surface area contributed by atoms with Gasteiger partial charge in [-0.2, -0.15) is 5.26 Å². The summed E-state index contributed by atoms with van der Waals surface area (Å²) < 4.78 is 5.32. The van der Waals surface area contributed by atoms with Crippen LogP contribution in [0.25, 0.3) is 0 Å². The molecule has 8 unspecified atom stereocenters. The lowest BCUT2D eigenvalue weighted by Gasteiger charge is -2.57. The number of rotatable bonds is 4. The molecule has 4 aliphatic carbocycles. The van der Waals surface area contributed by atoms with Crippen molar-refractivity contribution in [2.75, 3.05) is 19.0 Å². The highest BCUT2D eigenvalue weighted by atomic mass is 16.5. The first-order valence-corrected chi connectivity index (χ1v) is 12.6. The van der Waals surface area contributed by atoms with Crippen LogP contribution in [0.1, 0.15) is 70.4 Å². The minimum atomic E-state index is -0.644. The lowest BCUT2D eigenvalue weighted by Crippen LogP contribution is -2.52. The minimum absolute atomic E-state index is 0.0141. The molecule has 0 bridgehead atoms. The first-order chi connectivity index (χ1) is 15.9. The largest absolute Gasteiger partial charge is 0.387 e. The molecule has 5 rings (SSSR count). The first-order valence-electron chi connectivity index (χ1n) is 12.6. The Labute approximate surface area is 196 Å². The fraction of sp³-hybridized carbons (Fsp3) is 0.769. The van der Waals surface area contributed by atoms with E-state index in [1.807, 2.05) is 6.07 Å². The van der Waals surface area contributed by atoms with E-state index >= 15 is 0 Å². The van der Waals surface area contributed by atoms with E-state index in [1.54, 1.807) is 13.2 Å². The summed E-state index contributed by atoms with van der Waals surface area (Å²) in [6.07, 6.45) is 10.9. The van der Waals surface area contributed by atoms with Crippen molar-refractivity contribution in [2.24, 2.45) is 40.9 Å². The molecule has 7 heteroatoms. The molecule has 2 N–H and O–H groups in total. The van der Waals surface area contributed by atoms with Gasteiger partial charge in [-0.3, -0.25) is 4.79 Å². The summed E-state index contributed by atoms with van der Waals surface area (Å²) in [5.41, 5.74) is -0.360. The second-order valence-corrected chi connectivity index (χ2v) is 11.4. The SMILES string of the molecule is COCC1(O)CCC2C(CCC3C2CCC2(C)C(C(=O)Nc4cc(C#N)ncn4)CCC32)C1. The molecule has 4 fully saturated rings. The van der Waals surface area contributed by atoms with Crippen molar-refractivity contribution in [3.63, 3.8) is 0 Å². The lowest BCUT2D eigenvalue weighted by atomic mass is 9.49. The number of hydrogen-bond donors (Lipinski definition) is 2. The number of aromatic nitrogens is 2. The number of aliphatic hydroxyl groups is 1. The van der Waals surface area contributed by atoms with Crippen LogP contribution >= 0.6 is 0 Å². The second-order valence-electron chi connectivity index (χ2n) is 11.4. The topological polar surface area (TPSA) is 108 Å². The van der Waals surface area contributed by atoms with Crippen LogP contribution in [0.5, 0.6) is 0 Å². The van der Waals surface area contributed by atoms with Crippen LogP contribution in [0, 0.1) is 52.3 Å². The maximum absolute atomic E-state index is 13.3. The van der Waals surface area contributed by atoms with Gasteiger partial charge >= 0.3 is 0 Å². The van der Waals surface area contributed by atoms with Crippen LogP contribution in [-0.2, 0) is 9.53 Å². The van der Waals surface area contributed by atoms with Gasteiger partial charge in [0.1, 0.15) is 23.9 Å². The molecule has 1 amide bonds. The number of methoxy groups -OCH3 is 1. The van der Waals surface area contributed by atoms with Gasteiger partial charge < -0.3 is 15.2 Å². The fourth-order valence-corrected chi connectivity index (χ4v) is 8.49. The number of nitrogens with zero attached hydrogens (tertiary/aromatic N) is 3. The highest BCUT2D eigenvalue weighted by Gasteiger charge is 2.59. The number of carbonyl (C=O) groups is 1. The van der Waals surface area contributed by atoms with E-state index in [2.05, 4.69) is 22.2 Å². The summed E-state index contributed by atoms with van der Waals surface area (Å²) in [6, 6.07) is 3.54. The van der Waals surface area contributed by atoms with E-state index in [0.717, 1.165) is 44.4 Å². The van der Waals surface area contributed by atoms with Gasteiger partial charge in [0.2, 0.25) is 5.91 Å². The number of anilines is 1. The van der Waals surface area contributed by atoms with E-state index in [0.29, 0.717) is 36.1 Å². The Morgan fingerprint density at radius 2 is 2.00 bits per heavy atom. The summed E-state index contributed by atoms with van der Waals surface area (Å²) >= 11 is 0. The zero-order valence-corrected chi connectivity index (χ0v) is 19.8. The summed E-state index contributed by atoms with van der Waals surface area (Å²) in [5, 5.41) is 23.0. The molecule has 0 saturated heterocycles. The second kappa shape index (κ2) is 8.63. The van der Waals surface area contributed by atoms with Crippen LogP contribution in [0.3, 0.4) is 0 Å². The smallest absolute Gasteiger partial charge is 0.229 e. The number of nitrogens with one attached hydrogen (secondary N) is 1. The van der Waals surface area contributed by atoms with Gasteiger partial charge in [0, 0.05) is 19.1 Å². The standard InChI is InChI=1S/C26H36N4O3/c1-25-9-7-19-18-8-10-26(32,14-33-2)12-16(18)3-4-20(19)21(25)5-6-22(25)24(31)30-23-11-17(13-27)28-15-29-23/h11,15-16,18-22,32H,3-10,12,14H2,1-2H3,(H,28,29,30,31). The average molecular weight is 453 g/mol. The normalized spacial score (nSPS) is 41.9. The maximum atomic E-state index is 13.3. The van der Waals surface area contributed by atoms with Crippen LogP contribution in [0.15, 0.2) is 12.4 Å². The van der Waals surface area contributed by atoms with Crippen LogP contribution in [-0.4, -0.2) is 40.3 Å². The van der Waals surface area contributed by atoms with E-state index in [4.69, 9.17) is 10.00 Å². The van der Waals surface area contributed by atoms with Gasteiger partial charge in [-0.15, -0.1) is 0 Å². The molecular formula is C26H36N4O3. The predicted octanol–water partition coefficient (Wildman–Crippen LogP) is 3.93. The third-order valence-corrected chi connectivity index (χ3v) is 9.87. The van der Waals surface area contributed by atoms with Crippen LogP contribution in [0.2, 0.25) is 0 Å². The van der Waals surface area contributed by atoms with Gasteiger partial charge in [-0.05, 0) is 92.8 Å². The molecule has 0 spiro atoms. The van der Waals surface area contributed by atoms with Gasteiger partial charge in [0.25, 0.3) is 0 Å². The number of fused-ring (bicyclic) bond motifs is 5. The van der Waals surface area contributed by atoms with Gasteiger partial charge in [-0.25, -0.2) is 9.97 Å². The molecule has 33 heavy (non-hydrogen) atoms. The Morgan fingerprint density at radius 3 is 2.79 bits per heavy atom. The quantitative estimate of drug-likeness (QED) is 0.716. The lowest BCUT2D eigenvalue weighted by molar-refractivity contribution is -0.134. The molecule has 1 aromatic heterocycles. The summed E-state index contributed by atoms with van der Waals surface area (Å²) in [4.78, 5) is 21.3. The molecule has 8 atom stereocenters. The highest BCUT2D eigenvalue weighted by molar-refractivity contribution is 5.92. The Hall–Kier alpha value is -2.04. The number of hydrogen-bond acceptors (Lipinski definition) is 6. The molecule has 1 aromatic rings. The van der Waals surface area contributed by atoms with Crippen molar-refractivity contribution < 1.29 is 14.6 Å². The number of amides is 1. The van der Waals surface area contributed by atoms with Crippen molar-refractivity contribution in [2.45, 2.75) is 70.3 Å². The molecule has 178 valence electrons. The first kappa shape index (κ1) is 22.7. The van der Waals surface area contributed by atoms with E-state index < -0.39 is 5.60 Å². The van der Waals surface area contributed by atoms with Gasteiger partial charge in [0.15, 0.2) is 0 Å². The Bertz CT molecular complexity index is 948. The molecule has 0 aliphatic heterocycles. The molecule has 4 saturated carbocycles. The maximum Gasteiger partial charge on any atom is 0.229 e. The van der Waals surface area contributed by atoms with Crippen LogP contribution in [0.4, 0.5) is 5.82 Å². The van der Waals surface area contributed by atoms with E-state index in [-0.39, 0.29) is 22.9 Å². The molecule has 7 nitrogen and oxygen atoms in total. The third-order valence-electron chi connectivity index (χ3n) is 9.87. The number of ether oxygens (including phenoxy) is 1. The molecule has 4 aliphatic rings. The van der Waals surface area contributed by atoms with Crippen LogP contribution < -0.4 is 5.32 Å². The Balaban J connectivity index is 1.28. The summed E-state index contributed by atoms with van der Waals surface area (Å²) in [7, 11) is 1.68. The van der Waals surface area contributed by atoms with E-state index in [1.165, 1.54) is 25.6 Å². The van der Waals surface area contributed by atoms with Crippen molar-refractivity contribution in [1.82, 2.24) is 9.97 Å². The van der Waals surface area contributed by atoms with E-state index in [9.17, 15) is 9.90 Å². The average Bonchev–Trinajstić information content (AvgIpc) is 3.16. The number of carbonyl (C=O) groups excluding carboxylic acids is 1. The van der Waals surface area contributed by atoms with Gasteiger partial charge in [0.05, 0.1) is 12.2 Å². The third kappa shape index (κ3) is 3.95. The zero-order chi connectivity index (χ0) is 23.2. The molecular weight excluding hydrogens is 416 g/mol. The molecule has 1 heterocycles. The monoisotopic (exact) mass is 452 g/mol.